The van der Waals surface area contributed by atoms with Crippen molar-refractivity contribution in [3.05, 3.63) is 0 Å². The summed E-state index contributed by atoms with van der Waals surface area (Å²) in [5, 5.41) is 12.8. The minimum atomic E-state index is -1.84. The van der Waals surface area contributed by atoms with Gasteiger partial charge in [0, 0.05) is 11.8 Å². The Kier molecular flexibility index (Phi) is 3.25. The summed E-state index contributed by atoms with van der Waals surface area (Å²) in [5.74, 6) is -3.69. The average molecular weight is 178 g/mol. The lowest BCUT2D eigenvalue weighted by Crippen LogP contribution is -2.16. The molecule has 0 rings (SSSR count). The van der Waals surface area contributed by atoms with E-state index in [9.17, 15) is 19.2 Å². The van der Waals surface area contributed by atoms with Crippen LogP contribution in [0.25, 0.3) is 0 Å². The van der Waals surface area contributed by atoms with Crippen LogP contribution in [0.1, 0.15) is 0 Å². The van der Waals surface area contributed by atoms with E-state index in [-0.39, 0.29) is 11.8 Å². The predicted octanol–water partition coefficient (Wildman–Crippen LogP) is -1.06. The second-order valence-electron chi connectivity index (χ2n) is 1.29. The van der Waals surface area contributed by atoms with E-state index >= 15 is 0 Å². The highest BCUT2D eigenvalue weighted by Crippen LogP contribution is 2.02. The first-order chi connectivity index (χ1) is 4.95. The molecule has 60 valence electrons. The Hall–Kier alpha value is -1.37. The van der Waals surface area contributed by atoms with Crippen molar-refractivity contribution >= 4 is 33.9 Å². The van der Waals surface area contributed by atoms with Crippen molar-refractivity contribution in [1.82, 2.24) is 0 Å². The van der Waals surface area contributed by atoms with E-state index in [4.69, 9.17) is 10.2 Å². The molecular weight excluding hydrogens is 176 g/mol. The Morgan fingerprint density at radius 1 is 0.818 bits per heavy atom. The second kappa shape index (κ2) is 3.71. The molecule has 0 aromatic carbocycles. The highest BCUT2D eigenvalue weighted by Gasteiger charge is 2.22. The average Bonchev–Trinajstić information content (AvgIpc) is 1.87. The maximum Gasteiger partial charge on any atom is 0.384 e. The van der Waals surface area contributed by atoms with Crippen molar-refractivity contribution < 1.29 is 29.4 Å². The third-order valence-electron chi connectivity index (χ3n) is 0.535. The van der Waals surface area contributed by atoms with E-state index in [0.717, 1.165) is 0 Å². The fraction of sp³-hybridized carbons (Fsp3) is 0. The van der Waals surface area contributed by atoms with Crippen LogP contribution in [0.4, 0.5) is 0 Å². The molecule has 0 unspecified atom stereocenters. The number of carbonyl (C=O) groups is 4. The number of carboxylic acid groups (broad SMARTS) is 2. The minimum Gasteiger partial charge on any atom is -0.475 e. The Balaban J connectivity index is 4.07. The highest BCUT2D eigenvalue weighted by molar-refractivity contribution is 8.28. The predicted molar refractivity (Wildman–Crippen MR) is 32.9 cm³/mol. The zero-order valence-electron chi connectivity index (χ0n) is 4.94. The lowest BCUT2D eigenvalue weighted by Gasteiger charge is -1.87. The van der Waals surface area contributed by atoms with Crippen LogP contribution in [0.3, 0.4) is 0 Å². The number of carboxylic acids is 2. The standard InChI is InChI=1S/C4H2O6S/c5-1(6)3(9)11-4(10)2(7)8/h(H,5,6)(H,7,8). The van der Waals surface area contributed by atoms with Crippen LogP contribution in [0.15, 0.2) is 0 Å². The zero-order valence-corrected chi connectivity index (χ0v) is 5.75. The van der Waals surface area contributed by atoms with Gasteiger partial charge in [-0.05, 0) is 0 Å². The van der Waals surface area contributed by atoms with Crippen LogP contribution in [0, 0.1) is 0 Å². The first-order valence-corrected chi connectivity index (χ1v) is 2.99. The first-order valence-electron chi connectivity index (χ1n) is 2.17. The molecule has 0 saturated heterocycles. The topological polar surface area (TPSA) is 109 Å². The lowest BCUT2D eigenvalue weighted by atomic mass is 10.8. The zero-order chi connectivity index (χ0) is 9.02. The number of aliphatic carboxylic acids is 2. The summed E-state index contributed by atoms with van der Waals surface area (Å²) in [4.78, 5) is 39.8. The van der Waals surface area contributed by atoms with Gasteiger partial charge in [0.05, 0.1) is 0 Å². The van der Waals surface area contributed by atoms with Crippen molar-refractivity contribution in [2.24, 2.45) is 0 Å². The van der Waals surface area contributed by atoms with Crippen LogP contribution >= 0.6 is 11.8 Å². The van der Waals surface area contributed by atoms with Crippen LogP contribution in [0.2, 0.25) is 0 Å². The molecule has 0 saturated carbocycles. The number of carbonyl (C=O) groups excluding carboxylic acids is 2. The van der Waals surface area contributed by atoms with Crippen LogP contribution < -0.4 is 0 Å². The van der Waals surface area contributed by atoms with Crippen LogP contribution in [0.5, 0.6) is 0 Å². The molecule has 0 radical (unpaired) electrons. The van der Waals surface area contributed by atoms with Crippen LogP contribution in [-0.2, 0) is 19.2 Å². The molecule has 2 N–H and O–H groups in total. The molecular formula is C4H2O6S. The maximum absolute atomic E-state index is 10.1. The summed E-state index contributed by atoms with van der Waals surface area (Å²) in [6.07, 6.45) is 0. The van der Waals surface area contributed by atoms with Gasteiger partial charge >= 0.3 is 22.2 Å². The summed E-state index contributed by atoms with van der Waals surface area (Å²) in [5.41, 5.74) is 0. The normalized spacial score (nSPS) is 8.73. The third-order valence-corrected chi connectivity index (χ3v) is 1.25. The molecule has 0 aliphatic heterocycles. The van der Waals surface area contributed by atoms with Gasteiger partial charge in [-0.2, -0.15) is 0 Å². The van der Waals surface area contributed by atoms with E-state index in [0.29, 0.717) is 0 Å². The quantitative estimate of drug-likeness (QED) is 0.455. The Morgan fingerprint density at radius 3 is 1.27 bits per heavy atom. The van der Waals surface area contributed by atoms with E-state index in [1.807, 2.05) is 0 Å². The number of rotatable bonds is 0. The SMILES string of the molecule is O=C(O)C(=O)SC(=O)C(=O)O. The van der Waals surface area contributed by atoms with Gasteiger partial charge in [-0.1, -0.05) is 0 Å². The lowest BCUT2D eigenvalue weighted by molar-refractivity contribution is -0.146. The number of hydrogen-bond donors (Lipinski definition) is 2. The largest absolute Gasteiger partial charge is 0.475 e. The van der Waals surface area contributed by atoms with Crippen molar-refractivity contribution in [2.75, 3.05) is 0 Å². The van der Waals surface area contributed by atoms with Gasteiger partial charge in [0.2, 0.25) is 0 Å². The molecule has 0 bridgehead atoms. The molecule has 0 aromatic rings. The van der Waals surface area contributed by atoms with E-state index in [1.165, 1.54) is 0 Å². The molecule has 0 aliphatic rings. The van der Waals surface area contributed by atoms with Gasteiger partial charge in [0.25, 0.3) is 0 Å². The van der Waals surface area contributed by atoms with Crippen molar-refractivity contribution in [3.63, 3.8) is 0 Å². The summed E-state index contributed by atoms with van der Waals surface area (Å²) in [6, 6.07) is 0. The molecule has 0 heterocycles. The first kappa shape index (κ1) is 9.63. The van der Waals surface area contributed by atoms with Crippen molar-refractivity contribution in [3.8, 4) is 0 Å². The Morgan fingerprint density at radius 2 is 1.09 bits per heavy atom. The number of thioether (sulfide) groups is 1. The van der Waals surface area contributed by atoms with E-state index < -0.39 is 22.2 Å². The molecule has 6 nitrogen and oxygen atoms in total. The molecule has 7 heteroatoms. The monoisotopic (exact) mass is 178 g/mol. The smallest absolute Gasteiger partial charge is 0.384 e. The summed E-state index contributed by atoms with van der Waals surface area (Å²) in [7, 11) is 0. The van der Waals surface area contributed by atoms with E-state index in [1.54, 1.807) is 0 Å². The second-order valence-corrected chi connectivity index (χ2v) is 2.23. The fourth-order valence-electron chi connectivity index (χ4n) is 0.172. The summed E-state index contributed by atoms with van der Waals surface area (Å²) >= 11 is -0.361. The third kappa shape index (κ3) is 3.36. The summed E-state index contributed by atoms with van der Waals surface area (Å²) in [6.45, 7) is 0. The molecule has 0 aliphatic carbocycles. The van der Waals surface area contributed by atoms with Gasteiger partial charge in [-0.25, -0.2) is 9.59 Å². The highest BCUT2D eigenvalue weighted by atomic mass is 32.2. The molecule has 0 amide bonds. The molecule has 0 spiro atoms. The van der Waals surface area contributed by atoms with Gasteiger partial charge in [-0.3, -0.25) is 9.59 Å². The summed E-state index contributed by atoms with van der Waals surface area (Å²) < 4.78 is 0. The van der Waals surface area contributed by atoms with Crippen molar-refractivity contribution in [1.29, 1.82) is 0 Å². The molecule has 11 heavy (non-hydrogen) atoms. The Labute approximate surface area is 64.2 Å². The fourth-order valence-corrected chi connectivity index (χ4v) is 0.515. The van der Waals surface area contributed by atoms with Gasteiger partial charge in [0.1, 0.15) is 0 Å². The van der Waals surface area contributed by atoms with E-state index in [2.05, 4.69) is 0 Å². The minimum absolute atomic E-state index is 0.361. The van der Waals surface area contributed by atoms with Gasteiger partial charge in [-0.15, -0.1) is 0 Å². The molecule has 0 aromatic heterocycles. The molecule has 0 fully saturated rings. The van der Waals surface area contributed by atoms with Gasteiger partial charge < -0.3 is 10.2 Å². The van der Waals surface area contributed by atoms with Gasteiger partial charge in [0.15, 0.2) is 0 Å². The molecule has 0 atom stereocenters. The van der Waals surface area contributed by atoms with Crippen LogP contribution in [-0.4, -0.2) is 32.4 Å². The van der Waals surface area contributed by atoms with Crippen molar-refractivity contribution in [2.45, 2.75) is 0 Å². The Bertz CT molecular complexity index is 207. The maximum atomic E-state index is 10.1. The number of hydrogen-bond acceptors (Lipinski definition) is 5.